The van der Waals surface area contributed by atoms with Crippen molar-refractivity contribution >= 4 is 73.3 Å². The lowest BCUT2D eigenvalue weighted by molar-refractivity contribution is 0.103. The van der Waals surface area contributed by atoms with E-state index < -0.39 is 0 Å². The van der Waals surface area contributed by atoms with Crippen LogP contribution in [0.4, 0.5) is 34.1 Å². The first-order valence-electron chi connectivity index (χ1n) is 25.5. The van der Waals surface area contributed by atoms with Crippen molar-refractivity contribution in [3.8, 4) is 5.69 Å². The number of anilines is 6. The molecule has 3 heterocycles. The second-order valence-corrected chi connectivity index (χ2v) is 20.8. The molecule has 13 rings (SSSR count). The number of benzene rings is 10. The Hall–Kier alpha value is -9.39. The Kier molecular flexibility index (Phi) is 10.5. The summed E-state index contributed by atoms with van der Waals surface area (Å²) in [7, 11) is 0. The molecular formula is C69H51N3O3. The molecule has 0 spiro atoms. The van der Waals surface area contributed by atoms with Gasteiger partial charge in [-0.05, 0) is 150 Å². The fraction of sp³-hybridized carbons (Fsp3) is 0.0870. The van der Waals surface area contributed by atoms with Crippen LogP contribution in [0.5, 0.6) is 0 Å². The standard InChI is InChI=1S/C69H51N3O3/c1-68(2)55-19-7-13-25-61(55)71(62-26-14-8-20-56(62)68)51-37-31-45(32-38-51)66(74)48-41-47(65(73)44-29-35-50(36-30-44)70-59-23-11-5-17-53(59)54-18-6-12-24-60(54)70)42-49(43-48)67(75)46-33-39-52(40-34-46)72-63-27-15-9-21-57(63)69(3,4)58-22-10-16-28-64(58)72/h5-43H,1-4H3. The van der Waals surface area contributed by atoms with Gasteiger partial charge in [-0.25, -0.2) is 0 Å². The number of fused-ring (bicyclic) bond motifs is 7. The van der Waals surface area contributed by atoms with Crippen molar-refractivity contribution in [1.82, 2.24) is 4.57 Å². The van der Waals surface area contributed by atoms with Crippen LogP contribution in [0.1, 0.15) is 97.7 Å². The molecule has 0 saturated heterocycles. The van der Waals surface area contributed by atoms with Crippen LogP contribution >= 0.6 is 0 Å². The summed E-state index contributed by atoms with van der Waals surface area (Å²) in [4.78, 5) is 49.0. The van der Waals surface area contributed by atoms with Gasteiger partial charge in [0.1, 0.15) is 0 Å². The van der Waals surface area contributed by atoms with Crippen LogP contribution < -0.4 is 9.80 Å². The van der Waals surface area contributed by atoms with Gasteiger partial charge in [-0.3, -0.25) is 14.4 Å². The minimum Gasteiger partial charge on any atom is -0.310 e. The summed E-state index contributed by atoms with van der Waals surface area (Å²) in [5.41, 5.74) is 15.7. The lowest BCUT2D eigenvalue weighted by Crippen LogP contribution is -2.30. The molecule has 1 aromatic heterocycles. The quantitative estimate of drug-likeness (QED) is 0.135. The third-order valence-electron chi connectivity index (χ3n) is 15.7. The van der Waals surface area contributed by atoms with Gasteiger partial charge in [-0.2, -0.15) is 0 Å². The number of aromatic nitrogens is 1. The Morgan fingerprint density at radius 1 is 0.293 bits per heavy atom. The van der Waals surface area contributed by atoms with Crippen molar-refractivity contribution in [2.24, 2.45) is 0 Å². The first-order chi connectivity index (χ1) is 36.5. The summed E-state index contributed by atoms with van der Waals surface area (Å²) < 4.78 is 2.21. The van der Waals surface area contributed by atoms with E-state index in [2.05, 4.69) is 163 Å². The van der Waals surface area contributed by atoms with Gasteiger partial charge in [0.2, 0.25) is 0 Å². The summed E-state index contributed by atoms with van der Waals surface area (Å²) in [6.07, 6.45) is 0. The highest BCUT2D eigenvalue weighted by Gasteiger charge is 2.38. The molecule has 2 aliphatic heterocycles. The second-order valence-electron chi connectivity index (χ2n) is 20.8. The number of carbonyl (C=O) groups is 3. The van der Waals surface area contributed by atoms with Gasteiger partial charge >= 0.3 is 0 Å². The highest BCUT2D eigenvalue weighted by atomic mass is 16.1. The molecule has 0 amide bonds. The van der Waals surface area contributed by atoms with Gasteiger partial charge < -0.3 is 14.4 Å². The van der Waals surface area contributed by atoms with E-state index in [9.17, 15) is 14.4 Å². The van der Waals surface area contributed by atoms with Crippen molar-refractivity contribution in [3.63, 3.8) is 0 Å². The molecule has 6 heteroatoms. The number of hydrogen-bond donors (Lipinski definition) is 0. The Bertz CT molecular complexity index is 3790. The van der Waals surface area contributed by atoms with E-state index in [1.165, 1.54) is 22.3 Å². The second kappa shape index (κ2) is 17.4. The van der Waals surface area contributed by atoms with Crippen LogP contribution in [-0.2, 0) is 10.8 Å². The molecule has 0 aliphatic carbocycles. The minimum absolute atomic E-state index is 0.211. The molecule has 0 N–H and O–H groups in total. The zero-order chi connectivity index (χ0) is 51.2. The SMILES string of the molecule is CC1(C)c2ccccc2N(c2ccc(C(=O)c3cc(C(=O)c4ccc(N5c6ccccc6C(C)(C)c6ccccc65)cc4)cc(C(=O)c4ccc(-n5c6ccccc6c6ccccc65)cc4)c3)cc2)c2ccccc21. The third kappa shape index (κ3) is 7.27. The number of ketones is 3. The van der Waals surface area contributed by atoms with E-state index in [0.717, 1.165) is 61.6 Å². The van der Waals surface area contributed by atoms with Crippen molar-refractivity contribution in [1.29, 1.82) is 0 Å². The molecule has 360 valence electrons. The van der Waals surface area contributed by atoms with E-state index in [-0.39, 0.29) is 44.9 Å². The van der Waals surface area contributed by atoms with Gasteiger partial charge in [0, 0.05) is 72.0 Å². The largest absolute Gasteiger partial charge is 0.310 e. The Labute approximate surface area is 436 Å². The first-order valence-corrected chi connectivity index (χ1v) is 25.5. The van der Waals surface area contributed by atoms with Crippen LogP contribution in [-0.4, -0.2) is 21.9 Å². The van der Waals surface area contributed by atoms with Gasteiger partial charge in [0.15, 0.2) is 17.3 Å². The average Bonchev–Trinajstić information content (AvgIpc) is 3.80. The maximum Gasteiger partial charge on any atom is 0.193 e. The van der Waals surface area contributed by atoms with Gasteiger partial charge in [0.05, 0.1) is 33.8 Å². The summed E-state index contributed by atoms with van der Waals surface area (Å²) in [5, 5.41) is 2.29. The highest BCUT2D eigenvalue weighted by Crippen LogP contribution is 2.53. The predicted molar refractivity (Wildman–Crippen MR) is 304 cm³/mol. The van der Waals surface area contributed by atoms with E-state index in [1.807, 2.05) is 97.1 Å². The maximum atomic E-state index is 14.9. The average molecular weight is 970 g/mol. The van der Waals surface area contributed by atoms with E-state index >= 15 is 0 Å². The lowest BCUT2D eigenvalue weighted by atomic mass is 9.73. The summed E-state index contributed by atoms with van der Waals surface area (Å²) in [6, 6.07) is 78.2. The Morgan fingerprint density at radius 3 is 0.880 bits per heavy atom. The van der Waals surface area contributed by atoms with Crippen LogP contribution in [0.3, 0.4) is 0 Å². The number of rotatable bonds is 9. The molecule has 0 fully saturated rings. The highest BCUT2D eigenvalue weighted by molar-refractivity contribution is 6.17. The van der Waals surface area contributed by atoms with Crippen LogP contribution in [0, 0.1) is 0 Å². The van der Waals surface area contributed by atoms with Crippen LogP contribution in [0.15, 0.2) is 237 Å². The summed E-state index contributed by atoms with van der Waals surface area (Å²) in [6.45, 7) is 9.03. The predicted octanol–water partition coefficient (Wildman–Crippen LogP) is 16.7. The Balaban J connectivity index is 0.870. The van der Waals surface area contributed by atoms with Crippen molar-refractivity contribution in [2.45, 2.75) is 38.5 Å². The molecular weight excluding hydrogens is 919 g/mol. The fourth-order valence-corrected chi connectivity index (χ4v) is 11.9. The number of para-hydroxylation sites is 6. The number of carbonyl (C=O) groups excluding carboxylic acids is 3. The molecule has 75 heavy (non-hydrogen) atoms. The first kappa shape index (κ1) is 45.5. The van der Waals surface area contributed by atoms with Crippen LogP contribution in [0.25, 0.3) is 27.5 Å². The monoisotopic (exact) mass is 969 g/mol. The number of nitrogens with zero attached hydrogens (tertiary/aromatic N) is 3. The smallest absolute Gasteiger partial charge is 0.193 e. The normalized spacial score (nSPS) is 13.9. The van der Waals surface area contributed by atoms with Gasteiger partial charge in [0.25, 0.3) is 0 Å². The molecule has 0 unspecified atom stereocenters. The fourth-order valence-electron chi connectivity index (χ4n) is 11.9. The van der Waals surface area contributed by atoms with E-state index in [4.69, 9.17) is 0 Å². The molecule has 10 aromatic carbocycles. The molecule has 0 atom stereocenters. The molecule has 0 saturated carbocycles. The van der Waals surface area contributed by atoms with Gasteiger partial charge in [-0.1, -0.05) is 137 Å². The molecule has 0 bridgehead atoms. The zero-order valence-corrected chi connectivity index (χ0v) is 42.1. The Morgan fingerprint density at radius 2 is 0.560 bits per heavy atom. The molecule has 2 aliphatic rings. The topological polar surface area (TPSA) is 62.6 Å². The molecule has 0 radical (unpaired) electrons. The van der Waals surface area contributed by atoms with E-state index in [0.29, 0.717) is 16.7 Å². The molecule has 6 nitrogen and oxygen atoms in total. The zero-order valence-electron chi connectivity index (χ0n) is 42.1. The van der Waals surface area contributed by atoms with Crippen molar-refractivity contribution in [3.05, 3.63) is 292 Å². The van der Waals surface area contributed by atoms with Crippen LogP contribution in [0.2, 0.25) is 0 Å². The van der Waals surface area contributed by atoms with Gasteiger partial charge in [-0.15, -0.1) is 0 Å². The lowest BCUT2D eigenvalue weighted by Gasteiger charge is -2.42. The van der Waals surface area contributed by atoms with E-state index in [1.54, 1.807) is 18.2 Å². The molecule has 11 aromatic rings. The van der Waals surface area contributed by atoms with Crippen molar-refractivity contribution < 1.29 is 14.4 Å². The maximum absolute atomic E-state index is 14.9. The summed E-state index contributed by atoms with van der Waals surface area (Å²) >= 11 is 0. The third-order valence-corrected chi connectivity index (χ3v) is 15.7. The minimum atomic E-state index is -0.298. The van der Waals surface area contributed by atoms with Crippen molar-refractivity contribution in [2.75, 3.05) is 9.80 Å². The summed E-state index contributed by atoms with van der Waals surface area (Å²) in [5.74, 6) is -0.893. The number of hydrogen-bond acceptors (Lipinski definition) is 5.